The quantitative estimate of drug-likeness (QED) is 0.843. The zero-order valence-corrected chi connectivity index (χ0v) is 15.3. The molecule has 2 rings (SSSR count). The SMILES string of the molecule is COc1ccc(Cl)cc1NC(=O)C[NH+](C)Cc1cc(C)ccc1C. The van der Waals surface area contributed by atoms with Crippen molar-refractivity contribution in [3.05, 3.63) is 58.1 Å². The van der Waals surface area contributed by atoms with E-state index in [4.69, 9.17) is 16.3 Å². The summed E-state index contributed by atoms with van der Waals surface area (Å²) in [4.78, 5) is 13.4. The molecule has 0 aliphatic rings. The van der Waals surface area contributed by atoms with Gasteiger partial charge in [0.05, 0.1) is 19.8 Å². The lowest BCUT2D eigenvalue weighted by Gasteiger charge is -2.16. The van der Waals surface area contributed by atoms with E-state index in [-0.39, 0.29) is 5.91 Å². The van der Waals surface area contributed by atoms with Crippen LogP contribution in [0.5, 0.6) is 5.75 Å². The monoisotopic (exact) mass is 347 g/mol. The van der Waals surface area contributed by atoms with Crippen molar-refractivity contribution in [2.45, 2.75) is 20.4 Å². The molecule has 5 heteroatoms. The largest absolute Gasteiger partial charge is 0.495 e. The van der Waals surface area contributed by atoms with E-state index in [2.05, 4.69) is 37.4 Å². The van der Waals surface area contributed by atoms with Crippen LogP contribution < -0.4 is 15.0 Å². The molecule has 2 aromatic rings. The molecule has 0 aliphatic heterocycles. The molecular weight excluding hydrogens is 324 g/mol. The van der Waals surface area contributed by atoms with Crippen LogP contribution in [0.25, 0.3) is 0 Å². The van der Waals surface area contributed by atoms with Gasteiger partial charge >= 0.3 is 0 Å². The number of amides is 1. The lowest BCUT2D eigenvalue weighted by molar-refractivity contribution is -0.885. The van der Waals surface area contributed by atoms with Crippen LogP contribution in [0, 0.1) is 13.8 Å². The summed E-state index contributed by atoms with van der Waals surface area (Å²) < 4.78 is 5.25. The first-order valence-corrected chi connectivity index (χ1v) is 8.27. The standard InChI is InChI=1S/C19H23ClN2O2/c1-13-5-6-14(2)15(9-13)11-22(3)12-19(23)21-17-10-16(20)7-8-18(17)24-4/h5-10H,11-12H2,1-4H3,(H,21,23)/p+1. The van der Waals surface area contributed by atoms with Gasteiger partial charge in [-0.3, -0.25) is 4.79 Å². The molecule has 0 saturated carbocycles. The van der Waals surface area contributed by atoms with Gasteiger partial charge in [0.1, 0.15) is 12.3 Å². The average Bonchev–Trinajstić information content (AvgIpc) is 2.51. The number of anilines is 1. The fraction of sp³-hybridized carbons (Fsp3) is 0.316. The summed E-state index contributed by atoms with van der Waals surface area (Å²) in [5.74, 6) is 0.526. The zero-order valence-electron chi connectivity index (χ0n) is 14.6. The number of likely N-dealkylation sites (N-methyl/N-ethyl adjacent to an activating group) is 1. The van der Waals surface area contributed by atoms with Crippen LogP contribution in [0.3, 0.4) is 0 Å². The number of quaternary nitrogens is 1. The number of carbonyl (C=O) groups excluding carboxylic acids is 1. The highest BCUT2D eigenvalue weighted by atomic mass is 35.5. The van der Waals surface area contributed by atoms with Gasteiger partial charge in [-0.1, -0.05) is 35.4 Å². The number of ether oxygens (including phenoxy) is 1. The second kappa shape index (κ2) is 8.18. The minimum absolute atomic E-state index is 0.0710. The van der Waals surface area contributed by atoms with E-state index >= 15 is 0 Å². The fourth-order valence-corrected chi connectivity index (χ4v) is 2.80. The Morgan fingerprint density at radius 3 is 2.67 bits per heavy atom. The highest BCUT2D eigenvalue weighted by Gasteiger charge is 2.14. The van der Waals surface area contributed by atoms with Gasteiger partial charge in [0.2, 0.25) is 0 Å². The Balaban J connectivity index is 1.99. The topological polar surface area (TPSA) is 42.8 Å². The van der Waals surface area contributed by atoms with E-state index < -0.39 is 0 Å². The molecule has 0 spiro atoms. The van der Waals surface area contributed by atoms with Crippen molar-refractivity contribution < 1.29 is 14.4 Å². The third kappa shape index (κ3) is 4.98. The molecule has 0 saturated heterocycles. The van der Waals surface area contributed by atoms with Gasteiger partial charge in [-0.05, 0) is 37.6 Å². The maximum Gasteiger partial charge on any atom is 0.279 e. The molecule has 24 heavy (non-hydrogen) atoms. The number of aryl methyl sites for hydroxylation is 2. The highest BCUT2D eigenvalue weighted by molar-refractivity contribution is 6.31. The number of hydrogen-bond donors (Lipinski definition) is 2. The van der Waals surface area contributed by atoms with E-state index in [1.165, 1.54) is 16.7 Å². The molecule has 0 aromatic heterocycles. The van der Waals surface area contributed by atoms with E-state index in [0.29, 0.717) is 23.0 Å². The molecule has 2 aromatic carbocycles. The maximum atomic E-state index is 12.3. The molecule has 1 amide bonds. The molecule has 0 fully saturated rings. The number of methoxy groups -OCH3 is 1. The van der Waals surface area contributed by atoms with Crippen molar-refractivity contribution in [1.82, 2.24) is 0 Å². The molecule has 0 bridgehead atoms. The van der Waals surface area contributed by atoms with Crippen molar-refractivity contribution in [3.8, 4) is 5.75 Å². The first kappa shape index (κ1) is 18.3. The normalized spacial score (nSPS) is 11.9. The van der Waals surface area contributed by atoms with Crippen molar-refractivity contribution in [3.63, 3.8) is 0 Å². The third-order valence-electron chi connectivity index (χ3n) is 3.89. The van der Waals surface area contributed by atoms with Crippen molar-refractivity contribution in [1.29, 1.82) is 0 Å². The van der Waals surface area contributed by atoms with E-state index in [1.807, 2.05) is 7.05 Å². The summed E-state index contributed by atoms with van der Waals surface area (Å²) in [5.41, 5.74) is 4.34. The van der Waals surface area contributed by atoms with Gasteiger partial charge in [0.15, 0.2) is 6.54 Å². The minimum atomic E-state index is -0.0710. The highest BCUT2D eigenvalue weighted by Crippen LogP contribution is 2.27. The molecular formula is C19H24ClN2O2+. The summed E-state index contributed by atoms with van der Waals surface area (Å²) in [6, 6.07) is 11.6. The number of rotatable bonds is 6. The molecule has 1 unspecified atom stereocenters. The minimum Gasteiger partial charge on any atom is -0.495 e. The van der Waals surface area contributed by atoms with E-state index in [1.54, 1.807) is 25.3 Å². The lowest BCUT2D eigenvalue weighted by Crippen LogP contribution is -3.08. The van der Waals surface area contributed by atoms with Crippen molar-refractivity contribution in [2.75, 3.05) is 26.0 Å². The summed E-state index contributed by atoms with van der Waals surface area (Å²) in [5, 5.41) is 3.43. The molecule has 128 valence electrons. The van der Waals surface area contributed by atoms with E-state index in [9.17, 15) is 4.79 Å². The number of benzene rings is 2. The van der Waals surface area contributed by atoms with Crippen molar-refractivity contribution >= 4 is 23.2 Å². The fourth-order valence-electron chi connectivity index (χ4n) is 2.62. The van der Waals surface area contributed by atoms with Gasteiger partial charge in [-0.25, -0.2) is 0 Å². The Kier molecular flexibility index (Phi) is 6.23. The van der Waals surface area contributed by atoms with Crippen LogP contribution in [0.4, 0.5) is 5.69 Å². The molecule has 0 radical (unpaired) electrons. The molecule has 0 aliphatic carbocycles. The first-order chi connectivity index (χ1) is 11.4. The summed E-state index contributed by atoms with van der Waals surface area (Å²) in [7, 11) is 3.58. The van der Waals surface area contributed by atoms with E-state index in [0.717, 1.165) is 11.4 Å². The van der Waals surface area contributed by atoms with Crippen LogP contribution in [-0.2, 0) is 11.3 Å². The number of hydrogen-bond acceptors (Lipinski definition) is 2. The lowest BCUT2D eigenvalue weighted by atomic mass is 10.1. The van der Waals surface area contributed by atoms with Gasteiger partial charge in [-0.2, -0.15) is 0 Å². The van der Waals surface area contributed by atoms with Crippen molar-refractivity contribution in [2.24, 2.45) is 0 Å². The second-order valence-electron chi connectivity index (χ2n) is 6.13. The number of carbonyl (C=O) groups is 1. The Morgan fingerprint density at radius 1 is 1.21 bits per heavy atom. The molecule has 4 nitrogen and oxygen atoms in total. The van der Waals surface area contributed by atoms with Crippen LogP contribution >= 0.6 is 11.6 Å². The predicted octanol–water partition coefficient (Wildman–Crippen LogP) is 2.62. The second-order valence-corrected chi connectivity index (χ2v) is 6.57. The third-order valence-corrected chi connectivity index (χ3v) is 4.13. The van der Waals surface area contributed by atoms with Crippen LogP contribution in [0.15, 0.2) is 36.4 Å². The van der Waals surface area contributed by atoms with Crippen LogP contribution in [0.1, 0.15) is 16.7 Å². The van der Waals surface area contributed by atoms with Crippen LogP contribution in [-0.4, -0.2) is 26.6 Å². The average molecular weight is 348 g/mol. The Hall–Kier alpha value is -2.04. The Labute approximate surface area is 148 Å². The molecule has 0 heterocycles. The molecule has 1 atom stereocenters. The smallest absolute Gasteiger partial charge is 0.279 e. The van der Waals surface area contributed by atoms with Crippen LogP contribution in [0.2, 0.25) is 5.02 Å². The summed E-state index contributed by atoms with van der Waals surface area (Å²) in [6.45, 7) is 5.34. The van der Waals surface area contributed by atoms with Gasteiger partial charge in [0.25, 0.3) is 5.91 Å². The summed E-state index contributed by atoms with van der Waals surface area (Å²) in [6.07, 6.45) is 0. The molecule has 2 N–H and O–H groups in total. The first-order valence-electron chi connectivity index (χ1n) is 7.90. The summed E-state index contributed by atoms with van der Waals surface area (Å²) >= 11 is 5.99. The Morgan fingerprint density at radius 2 is 1.96 bits per heavy atom. The Bertz CT molecular complexity index is 731. The predicted molar refractivity (Wildman–Crippen MR) is 98.0 cm³/mol. The number of nitrogens with one attached hydrogen (secondary N) is 2. The maximum absolute atomic E-state index is 12.3. The zero-order chi connectivity index (χ0) is 17.7. The number of halogens is 1. The van der Waals surface area contributed by atoms with Gasteiger partial charge in [0, 0.05) is 10.6 Å². The van der Waals surface area contributed by atoms with Gasteiger partial charge in [-0.15, -0.1) is 0 Å². The van der Waals surface area contributed by atoms with Gasteiger partial charge < -0.3 is 15.0 Å².